The molecular formula is C11H14BrClN2. The predicted octanol–water partition coefficient (Wildman–Crippen LogP) is 3.68. The molecule has 1 saturated heterocycles. The molecule has 0 aromatic heterocycles. The zero-order chi connectivity index (χ0) is 10.8. The van der Waals surface area contributed by atoms with E-state index in [0.29, 0.717) is 0 Å². The van der Waals surface area contributed by atoms with E-state index in [0.717, 1.165) is 34.0 Å². The van der Waals surface area contributed by atoms with Gasteiger partial charge in [0.15, 0.2) is 0 Å². The van der Waals surface area contributed by atoms with Gasteiger partial charge in [-0.15, -0.1) is 0 Å². The first-order chi connectivity index (χ1) is 7.18. The van der Waals surface area contributed by atoms with Gasteiger partial charge in [0.2, 0.25) is 0 Å². The molecule has 0 radical (unpaired) electrons. The number of hydrogen-bond acceptors (Lipinski definition) is 2. The van der Waals surface area contributed by atoms with Crippen molar-refractivity contribution < 1.29 is 0 Å². The molecule has 1 aliphatic heterocycles. The van der Waals surface area contributed by atoms with Gasteiger partial charge in [-0.3, -0.25) is 0 Å². The van der Waals surface area contributed by atoms with Crippen molar-refractivity contribution in [3.05, 3.63) is 21.6 Å². The summed E-state index contributed by atoms with van der Waals surface area (Å²) in [6.07, 6.45) is 3.81. The first-order valence-electron chi connectivity index (χ1n) is 5.18. The van der Waals surface area contributed by atoms with Crippen LogP contribution < -0.4 is 10.6 Å². The average molecular weight is 290 g/mol. The zero-order valence-corrected chi connectivity index (χ0v) is 10.8. The van der Waals surface area contributed by atoms with Gasteiger partial charge in [-0.2, -0.15) is 0 Å². The molecule has 1 aromatic rings. The number of nitrogens with two attached hydrogens (primary N) is 1. The van der Waals surface area contributed by atoms with Crippen LogP contribution in [0.25, 0.3) is 0 Å². The smallest absolute Gasteiger partial charge is 0.0615 e. The minimum Gasteiger partial charge on any atom is -0.397 e. The van der Waals surface area contributed by atoms with Crippen LogP contribution in [0.4, 0.5) is 11.4 Å². The van der Waals surface area contributed by atoms with Crippen LogP contribution in [0.5, 0.6) is 0 Å². The van der Waals surface area contributed by atoms with E-state index in [-0.39, 0.29) is 0 Å². The molecule has 4 heteroatoms. The number of piperidine rings is 1. The fourth-order valence-corrected chi connectivity index (χ4v) is 2.48. The lowest BCUT2D eigenvalue weighted by molar-refractivity contribution is 0.578. The first kappa shape index (κ1) is 11.1. The van der Waals surface area contributed by atoms with E-state index in [2.05, 4.69) is 20.8 Å². The second-order valence-electron chi connectivity index (χ2n) is 3.87. The molecule has 2 N–H and O–H groups in total. The fraction of sp³-hybridized carbons (Fsp3) is 0.455. The monoisotopic (exact) mass is 288 g/mol. The lowest BCUT2D eigenvalue weighted by Crippen LogP contribution is -2.30. The van der Waals surface area contributed by atoms with Gasteiger partial charge in [-0.25, -0.2) is 0 Å². The van der Waals surface area contributed by atoms with Crippen LogP contribution in [0, 0.1) is 0 Å². The SMILES string of the molecule is Nc1cc(Br)c(Cl)cc1N1CCCCC1. The standard InChI is InChI=1S/C11H14BrClN2/c12-8-6-10(14)11(7-9(8)13)15-4-2-1-3-5-15/h6-7H,1-5,14H2. The minimum atomic E-state index is 0.727. The van der Waals surface area contributed by atoms with Gasteiger partial charge in [0.05, 0.1) is 16.4 Å². The van der Waals surface area contributed by atoms with Crippen LogP contribution >= 0.6 is 27.5 Å². The minimum absolute atomic E-state index is 0.727. The van der Waals surface area contributed by atoms with Crippen LogP contribution in [0.2, 0.25) is 5.02 Å². The molecule has 0 amide bonds. The first-order valence-corrected chi connectivity index (χ1v) is 6.35. The lowest BCUT2D eigenvalue weighted by atomic mass is 10.1. The molecule has 0 unspecified atom stereocenters. The summed E-state index contributed by atoms with van der Waals surface area (Å²) in [5, 5.41) is 0.727. The van der Waals surface area contributed by atoms with Gasteiger partial charge < -0.3 is 10.6 Å². The molecule has 0 saturated carbocycles. The number of nitrogens with zero attached hydrogens (tertiary/aromatic N) is 1. The highest BCUT2D eigenvalue weighted by atomic mass is 79.9. The molecule has 0 spiro atoms. The second-order valence-corrected chi connectivity index (χ2v) is 5.13. The van der Waals surface area contributed by atoms with Crippen LogP contribution in [0.3, 0.4) is 0 Å². The molecule has 0 atom stereocenters. The largest absolute Gasteiger partial charge is 0.397 e. The van der Waals surface area contributed by atoms with Gasteiger partial charge in [0.1, 0.15) is 0 Å². The summed E-state index contributed by atoms with van der Waals surface area (Å²) in [6.45, 7) is 2.17. The van der Waals surface area contributed by atoms with E-state index in [4.69, 9.17) is 17.3 Å². The van der Waals surface area contributed by atoms with Gasteiger partial charge in [-0.05, 0) is 47.3 Å². The normalized spacial score (nSPS) is 16.8. The van der Waals surface area contributed by atoms with Crippen molar-refractivity contribution in [1.82, 2.24) is 0 Å². The third kappa shape index (κ3) is 2.40. The third-order valence-electron chi connectivity index (χ3n) is 2.77. The van der Waals surface area contributed by atoms with Gasteiger partial charge in [0.25, 0.3) is 0 Å². The quantitative estimate of drug-likeness (QED) is 0.799. The highest BCUT2D eigenvalue weighted by molar-refractivity contribution is 9.10. The van der Waals surface area contributed by atoms with E-state index in [1.165, 1.54) is 19.3 Å². The van der Waals surface area contributed by atoms with E-state index in [9.17, 15) is 0 Å². The van der Waals surface area contributed by atoms with Crippen molar-refractivity contribution in [2.75, 3.05) is 23.7 Å². The maximum atomic E-state index is 6.08. The Labute approximate surface area is 104 Å². The number of anilines is 2. The molecule has 1 fully saturated rings. The van der Waals surface area contributed by atoms with Crippen molar-refractivity contribution in [2.24, 2.45) is 0 Å². The van der Waals surface area contributed by atoms with Crippen LogP contribution in [-0.4, -0.2) is 13.1 Å². The Hall–Kier alpha value is -0.410. The Morgan fingerprint density at radius 2 is 1.87 bits per heavy atom. The van der Waals surface area contributed by atoms with Gasteiger partial charge >= 0.3 is 0 Å². The van der Waals surface area contributed by atoms with E-state index in [1.807, 2.05) is 12.1 Å². The summed E-state index contributed by atoms with van der Waals surface area (Å²) in [5.74, 6) is 0. The summed E-state index contributed by atoms with van der Waals surface area (Å²) in [5.41, 5.74) is 7.86. The summed E-state index contributed by atoms with van der Waals surface area (Å²) >= 11 is 9.45. The highest BCUT2D eigenvalue weighted by Gasteiger charge is 2.14. The number of nitrogen functional groups attached to an aromatic ring is 1. The van der Waals surface area contributed by atoms with Crippen molar-refractivity contribution in [3.63, 3.8) is 0 Å². The van der Waals surface area contributed by atoms with E-state index >= 15 is 0 Å². The molecular weight excluding hydrogens is 275 g/mol. The molecule has 1 aliphatic rings. The Balaban J connectivity index is 2.30. The fourth-order valence-electron chi connectivity index (χ4n) is 1.96. The van der Waals surface area contributed by atoms with Crippen LogP contribution in [0.15, 0.2) is 16.6 Å². The van der Waals surface area contributed by atoms with Crippen molar-refractivity contribution in [1.29, 1.82) is 0 Å². The predicted molar refractivity (Wildman–Crippen MR) is 69.6 cm³/mol. The summed E-state index contributed by atoms with van der Waals surface area (Å²) < 4.78 is 0.863. The summed E-state index contributed by atoms with van der Waals surface area (Å²) in [4.78, 5) is 2.32. The van der Waals surface area contributed by atoms with Crippen molar-refractivity contribution in [3.8, 4) is 0 Å². The Morgan fingerprint density at radius 3 is 2.53 bits per heavy atom. The molecule has 2 rings (SSSR count). The van der Waals surface area contributed by atoms with Gasteiger partial charge in [0, 0.05) is 17.6 Å². The molecule has 1 aromatic carbocycles. The maximum Gasteiger partial charge on any atom is 0.0615 e. The van der Waals surface area contributed by atoms with Crippen LogP contribution in [0.1, 0.15) is 19.3 Å². The lowest BCUT2D eigenvalue weighted by Gasteiger charge is -2.30. The summed E-state index contributed by atoms with van der Waals surface area (Å²) in [6, 6.07) is 3.83. The van der Waals surface area contributed by atoms with Gasteiger partial charge in [-0.1, -0.05) is 11.6 Å². The molecule has 0 aliphatic carbocycles. The topological polar surface area (TPSA) is 29.3 Å². The third-order valence-corrected chi connectivity index (χ3v) is 3.96. The highest BCUT2D eigenvalue weighted by Crippen LogP contribution is 2.34. The number of rotatable bonds is 1. The molecule has 15 heavy (non-hydrogen) atoms. The Bertz CT molecular complexity index is 362. The zero-order valence-electron chi connectivity index (χ0n) is 8.47. The summed E-state index contributed by atoms with van der Waals surface area (Å²) in [7, 11) is 0. The molecule has 82 valence electrons. The Morgan fingerprint density at radius 1 is 1.20 bits per heavy atom. The number of hydrogen-bond donors (Lipinski definition) is 1. The van der Waals surface area contributed by atoms with Crippen molar-refractivity contribution >= 4 is 38.9 Å². The average Bonchev–Trinajstić information content (AvgIpc) is 2.25. The maximum absolute atomic E-state index is 6.08. The van der Waals surface area contributed by atoms with E-state index in [1.54, 1.807) is 0 Å². The second kappa shape index (κ2) is 4.62. The molecule has 2 nitrogen and oxygen atoms in total. The van der Waals surface area contributed by atoms with Crippen molar-refractivity contribution in [2.45, 2.75) is 19.3 Å². The van der Waals surface area contributed by atoms with Crippen LogP contribution in [-0.2, 0) is 0 Å². The molecule has 0 bridgehead atoms. The number of benzene rings is 1. The molecule has 1 heterocycles. The number of halogens is 2. The van der Waals surface area contributed by atoms with E-state index < -0.39 is 0 Å². The Kier molecular flexibility index (Phi) is 3.42.